The minimum absolute atomic E-state index is 0.299. The highest BCUT2D eigenvalue weighted by molar-refractivity contribution is 5.50. The molecule has 0 aliphatic rings. The standard InChI is InChI=1S/C28H24N2/c29-21-22-30(23-24-13-5-1-6-14-24)28(25-15-7-2-8-16-25,26-17-9-3-10-18-26)27-19-11-4-12-20-27/h1-20H,22-23H2. The average molecular weight is 389 g/mol. The number of hydrogen-bond acceptors (Lipinski definition) is 2. The van der Waals surface area contributed by atoms with E-state index in [4.69, 9.17) is 0 Å². The van der Waals surface area contributed by atoms with Crippen LogP contribution in [0.1, 0.15) is 22.3 Å². The largest absolute Gasteiger partial charge is 0.269 e. The third-order valence-electron chi connectivity index (χ3n) is 5.53. The highest BCUT2D eigenvalue weighted by Gasteiger charge is 2.41. The zero-order valence-electron chi connectivity index (χ0n) is 16.9. The van der Waals surface area contributed by atoms with Crippen LogP contribution in [-0.2, 0) is 12.1 Å². The Hall–Kier alpha value is -3.67. The van der Waals surface area contributed by atoms with Gasteiger partial charge in [-0.05, 0) is 22.3 Å². The van der Waals surface area contributed by atoms with Gasteiger partial charge in [0.15, 0.2) is 0 Å². The molecule has 2 heteroatoms. The summed E-state index contributed by atoms with van der Waals surface area (Å²) in [6.45, 7) is 0.959. The summed E-state index contributed by atoms with van der Waals surface area (Å²) >= 11 is 0. The zero-order valence-corrected chi connectivity index (χ0v) is 16.9. The van der Waals surface area contributed by atoms with Crippen LogP contribution in [0, 0.1) is 11.3 Å². The van der Waals surface area contributed by atoms with Gasteiger partial charge in [0.25, 0.3) is 0 Å². The van der Waals surface area contributed by atoms with Gasteiger partial charge in [0.2, 0.25) is 0 Å². The predicted octanol–water partition coefficient (Wildman–Crippen LogP) is 6.00. The summed E-state index contributed by atoms with van der Waals surface area (Å²) in [5, 5.41) is 9.83. The fourth-order valence-corrected chi connectivity index (χ4v) is 4.27. The molecular weight excluding hydrogens is 364 g/mol. The third-order valence-corrected chi connectivity index (χ3v) is 5.53. The summed E-state index contributed by atoms with van der Waals surface area (Å²) in [6, 6.07) is 44.3. The van der Waals surface area contributed by atoms with E-state index in [0.29, 0.717) is 13.1 Å². The van der Waals surface area contributed by atoms with Crippen molar-refractivity contribution in [3.05, 3.63) is 144 Å². The van der Waals surface area contributed by atoms with E-state index in [0.717, 1.165) is 16.7 Å². The van der Waals surface area contributed by atoms with Gasteiger partial charge in [0.1, 0.15) is 0 Å². The van der Waals surface area contributed by atoms with E-state index in [-0.39, 0.29) is 0 Å². The maximum atomic E-state index is 9.83. The van der Waals surface area contributed by atoms with Gasteiger partial charge in [-0.25, -0.2) is 0 Å². The Kier molecular flexibility index (Phi) is 6.03. The first-order valence-corrected chi connectivity index (χ1v) is 10.2. The second-order valence-corrected chi connectivity index (χ2v) is 7.31. The SMILES string of the molecule is N#CCN(Cc1ccccc1)C(c1ccccc1)(c1ccccc1)c1ccccc1. The first-order chi connectivity index (χ1) is 14.9. The lowest BCUT2D eigenvalue weighted by Crippen LogP contribution is -2.48. The molecule has 0 amide bonds. The Morgan fingerprint density at radius 3 is 1.30 bits per heavy atom. The summed E-state index contributed by atoms with van der Waals surface area (Å²) in [4.78, 5) is 2.28. The van der Waals surface area contributed by atoms with E-state index in [1.807, 2.05) is 24.3 Å². The number of benzene rings is 4. The molecule has 0 saturated carbocycles. The van der Waals surface area contributed by atoms with Crippen molar-refractivity contribution in [3.63, 3.8) is 0 Å². The van der Waals surface area contributed by atoms with Gasteiger partial charge < -0.3 is 0 Å². The fourth-order valence-electron chi connectivity index (χ4n) is 4.27. The first-order valence-electron chi connectivity index (χ1n) is 10.2. The Balaban J connectivity index is 2.01. The normalized spacial score (nSPS) is 11.2. The lowest BCUT2D eigenvalue weighted by atomic mass is 9.75. The minimum Gasteiger partial charge on any atom is -0.269 e. The van der Waals surface area contributed by atoms with E-state index < -0.39 is 5.54 Å². The predicted molar refractivity (Wildman–Crippen MR) is 122 cm³/mol. The van der Waals surface area contributed by atoms with Gasteiger partial charge in [-0.1, -0.05) is 121 Å². The molecule has 0 unspecified atom stereocenters. The lowest BCUT2D eigenvalue weighted by molar-refractivity contribution is 0.169. The summed E-state index contributed by atoms with van der Waals surface area (Å²) < 4.78 is 0. The van der Waals surface area contributed by atoms with E-state index in [9.17, 15) is 5.26 Å². The van der Waals surface area contributed by atoms with Crippen molar-refractivity contribution < 1.29 is 0 Å². The zero-order chi connectivity index (χ0) is 20.7. The first kappa shape index (κ1) is 19.6. The Morgan fingerprint density at radius 2 is 0.933 bits per heavy atom. The van der Waals surface area contributed by atoms with Crippen LogP contribution in [0.15, 0.2) is 121 Å². The highest BCUT2D eigenvalue weighted by atomic mass is 15.2. The topological polar surface area (TPSA) is 27.0 Å². The molecule has 0 aromatic heterocycles. The van der Waals surface area contributed by atoms with Crippen LogP contribution in [0.2, 0.25) is 0 Å². The van der Waals surface area contributed by atoms with Gasteiger partial charge in [0, 0.05) is 6.54 Å². The molecular formula is C28H24N2. The number of nitriles is 1. The molecule has 0 spiro atoms. The van der Waals surface area contributed by atoms with Gasteiger partial charge >= 0.3 is 0 Å². The van der Waals surface area contributed by atoms with Crippen LogP contribution in [0.4, 0.5) is 0 Å². The van der Waals surface area contributed by atoms with E-state index in [2.05, 4.69) is 108 Å². The number of rotatable bonds is 7. The molecule has 0 heterocycles. The van der Waals surface area contributed by atoms with Crippen LogP contribution < -0.4 is 0 Å². The fraction of sp³-hybridized carbons (Fsp3) is 0.107. The number of nitrogens with zero attached hydrogens (tertiary/aromatic N) is 2. The monoisotopic (exact) mass is 388 g/mol. The molecule has 4 aromatic rings. The molecule has 0 aliphatic heterocycles. The lowest BCUT2D eigenvalue weighted by Gasteiger charge is -2.44. The quantitative estimate of drug-likeness (QED) is 0.287. The molecule has 0 aliphatic carbocycles. The summed E-state index contributed by atoms with van der Waals surface area (Å²) in [7, 11) is 0. The van der Waals surface area contributed by atoms with Crippen LogP contribution >= 0.6 is 0 Å². The van der Waals surface area contributed by atoms with Crippen LogP contribution in [-0.4, -0.2) is 11.4 Å². The molecule has 0 N–H and O–H groups in total. The van der Waals surface area contributed by atoms with E-state index in [1.165, 1.54) is 5.56 Å². The molecule has 0 bridgehead atoms. The summed E-state index contributed by atoms with van der Waals surface area (Å²) in [5.41, 5.74) is 4.03. The van der Waals surface area contributed by atoms with Crippen molar-refractivity contribution >= 4 is 0 Å². The molecule has 0 radical (unpaired) electrons. The van der Waals surface area contributed by atoms with Crippen molar-refractivity contribution in [1.29, 1.82) is 5.26 Å². The summed E-state index contributed by atoms with van der Waals surface area (Å²) in [5.74, 6) is 0. The maximum absolute atomic E-state index is 9.83. The Labute approximate surface area is 178 Å². The average Bonchev–Trinajstić information content (AvgIpc) is 2.83. The Bertz CT molecular complexity index is 988. The van der Waals surface area contributed by atoms with Gasteiger partial charge in [-0.2, -0.15) is 5.26 Å². The molecule has 2 nitrogen and oxygen atoms in total. The maximum Gasteiger partial charge on any atom is 0.0984 e. The Morgan fingerprint density at radius 1 is 0.567 bits per heavy atom. The van der Waals surface area contributed by atoms with Crippen molar-refractivity contribution in [2.75, 3.05) is 6.54 Å². The van der Waals surface area contributed by atoms with Crippen LogP contribution in [0.25, 0.3) is 0 Å². The van der Waals surface area contributed by atoms with Crippen molar-refractivity contribution in [2.24, 2.45) is 0 Å². The van der Waals surface area contributed by atoms with Gasteiger partial charge in [-0.15, -0.1) is 0 Å². The van der Waals surface area contributed by atoms with Crippen LogP contribution in [0.5, 0.6) is 0 Å². The third kappa shape index (κ3) is 3.76. The molecule has 0 saturated heterocycles. The van der Waals surface area contributed by atoms with Gasteiger partial charge in [0.05, 0.1) is 18.2 Å². The van der Waals surface area contributed by atoms with E-state index in [1.54, 1.807) is 0 Å². The second-order valence-electron chi connectivity index (χ2n) is 7.31. The van der Waals surface area contributed by atoms with Crippen LogP contribution in [0.3, 0.4) is 0 Å². The van der Waals surface area contributed by atoms with Crippen molar-refractivity contribution in [3.8, 4) is 6.07 Å². The second kappa shape index (κ2) is 9.22. The van der Waals surface area contributed by atoms with Crippen molar-refractivity contribution in [2.45, 2.75) is 12.1 Å². The molecule has 4 aromatic carbocycles. The molecule has 0 atom stereocenters. The summed E-state index contributed by atoms with van der Waals surface area (Å²) in [6.07, 6.45) is 0. The van der Waals surface area contributed by atoms with Gasteiger partial charge in [-0.3, -0.25) is 4.90 Å². The smallest absolute Gasteiger partial charge is 0.0984 e. The number of hydrogen-bond donors (Lipinski definition) is 0. The van der Waals surface area contributed by atoms with E-state index >= 15 is 0 Å². The molecule has 146 valence electrons. The van der Waals surface area contributed by atoms with Crippen molar-refractivity contribution in [1.82, 2.24) is 4.90 Å². The molecule has 0 fully saturated rings. The molecule has 30 heavy (non-hydrogen) atoms. The minimum atomic E-state index is -0.588. The molecule has 4 rings (SSSR count). The highest BCUT2D eigenvalue weighted by Crippen LogP contribution is 2.43.